The smallest absolute Gasteiger partial charge is 0.0128 e. The molecule has 1 aromatic rings. The molecule has 4 unspecified atom stereocenters. The molecule has 0 amide bonds. The molecule has 3 aliphatic rings. The topological polar surface area (TPSA) is 0 Å². The van der Waals surface area contributed by atoms with E-state index in [-0.39, 0.29) is 0 Å². The van der Waals surface area contributed by atoms with Crippen LogP contribution in [0.4, 0.5) is 0 Å². The molecule has 0 nitrogen and oxygen atoms in total. The predicted molar refractivity (Wildman–Crippen MR) is 85.0 cm³/mol. The van der Waals surface area contributed by atoms with E-state index in [0.29, 0.717) is 5.41 Å². The Morgan fingerprint density at radius 2 is 1.95 bits per heavy atom. The van der Waals surface area contributed by atoms with E-state index in [2.05, 4.69) is 39.0 Å². The first-order valence-electron chi connectivity index (χ1n) is 8.69. The maximum Gasteiger partial charge on any atom is -0.0128 e. The lowest BCUT2D eigenvalue weighted by atomic mass is 9.54. The minimum atomic E-state index is 0.656. The maximum atomic E-state index is 2.61. The van der Waals surface area contributed by atoms with Gasteiger partial charge in [0.15, 0.2) is 0 Å². The summed E-state index contributed by atoms with van der Waals surface area (Å²) in [5, 5.41) is 0. The lowest BCUT2D eigenvalue weighted by Crippen LogP contribution is -2.41. The second-order valence-corrected chi connectivity index (χ2v) is 8.14. The molecule has 0 bridgehead atoms. The van der Waals surface area contributed by atoms with Crippen LogP contribution in [0.1, 0.15) is 68.6 Å². The Morgan fingerprint density at radius 1 is 1.10 bits per heavy atom. The van der Waals surface area contributed by atoms with Crippen LogP contribution in [0.2, 0.25) is 0 Å². The molecule has 0 heterocycles. The zero-order chi connectivity index (χ0) is 13.9. The van der Waals surface area contributed by atoms with E-state index in [0.717, 1.165) is 23.7 Å². The minimum absolute atomic E-state index is 0.656. The molecule has 2 saturated carbocycles. The minimum Gasteiger partial charge on any atom is -0.0620 e. The summed E-state index contributed by atoms with van der Waals surface area (Å²) in [6, 6.07) is 7.26. The van der Waals surface area contributed by atoms with Crippen LogP contribution in [0.25, 0.3) is 0 Å². The third-order valence-electron chi connectivity index (χ3n) is 7.36. The van der Waals surface area contributed by atoms with Gasteiger partial charge in [0.25, 0.3) is 0 Å². The summed E-state index contributed by atoms with van der Waals surface area (Å²) in [7, 11) is 0. The fourth-order valence-electron chi connectivity index (χ4n) is 5.97. The molecule has 5 atom stereocenters. The average Bonchev–Trinajstić information content (AvgIpc) is 2.74. The van der Waals surface area contributed by atoms with Crippen LogP contribution in [0.3, 0.4) is 0 Å². The highest BCUT2D eigenvalue weighted by Gasteiger charge is 2.53. The van der Waals surface area contributed by atoms with E-state index >= 15 is 0 Å². The Morgan fingerprint density at radius 3 is 2.80 bits per heavy atom. The summed E-state index contributed by atoms with van der Waals surface area (Å²) in [5.74, 6) is 3.81. The highest BCUT2D eigenvalue weighted by atomic mass is 14.6. The van der Waals surface area contributed by atoms with Crippen LogP contribution in [0.15, 0.2) is 18.2 Å². The van der Waals surface area contributed by atoms with Crippen molar-refractivity contribution in [3.05, 3.63) is 34.9 Å². The van der Waals surface area contributed by atoms with Gasteiger partial charge in [-0.2, -0.15) is 0 Å². The van der Waals surface area contributed by atoms with Gasteiger partial charge in [0.2, 0.25) is 0 Å². The third kappa shape index (κ3) is 1.66. The molecule has 0 saturated heterocycles. The SMILES string of the molecule is Cc1ccc2c(c1)CCC1C2CCC2(C)C1CC[C@@H]2C. The fourth-order valence-corrected chi connectivity index (χ4v) is 5.97. The molecular formula is C20H28. The Kier molecular flexibility index (Phi) is 2.81. The molecular weight excluding hydrogens is 240 g/mol. The van der Waals surface area contributed by atoms with Gasteiger partial charge in [-0.25, -0.2) is 0 Å². The Hall–Kier alpha value is -0.780. The molecule has 0 N–H and O–H groups in total. The van der Waals surface area contributed by atoms with Crippen molar-refractivity contribution >= 4 is 0 Å². The highest BCUT2D eigenvalue weighted by Crippen LogP contribution is 2.62. The highest BCUT2D eigenvalue weighted by molar-refractivity contribution is 5.37. The first kappa shape index (κ1) is 12.9. The molecule has 0 aliphatic heterocycles. The van der Waals surface area contributed by atoms with Crippen LogP contribution < -0.4 is 0 Å². The largest absolute Gasteiger partial charge is 0.0620 e. The summed E-state index contributed by atoms with van der Waals surface area (Å²) < 4.78 is 0. The van der Waals surface area contributed by atoms with Crippen molar-refractivity contribution in [2.45, 2.75) is 65.2 Å². The molecule has 1 aromatic carbocycles. The number of rotatable bonds is 0. The van der Waals surface area contributed by atoms with E-state index < -0.39 is 0 Å². The lowest BCUT2D eigenvalue weighted by Gasteiger charge is -2.50. The Balaban J connectivity index is 1.71. The summed E-state index contributed by atoms with van der Waals surface area (Å²) in [5.41, 5.74) is 5.48. The van der Waals surface area contributed by atoms with Crippen molar-refractivity contribution in [1.82, 2.24) is 0 Å². The van der Waals surface area contributed by atoms with E-state index in [1.807, 2.05) is 0 Å². The van der Waals surface area contributed by atoms with Gasteiger partial charge in [0.05, 0.1) is 0 Å². The van der Waals surface area contributed by atoms with Crippen molar-refractivity contribution in [1.29, 1.82) is 0 Å². The van der Waals surface area contributed by atoms with Gasteiger partial charge in [-0.1, -0.05) is 37.6 Å². The van der Waals surface area contributed by atoms with Crippen LogP contribution in [0.5, 0.6) is 0 Å². The summed E-state index contributed by atoms with van der Waals surface area (Å²) in [6.07, 6.45) is 8.67. The fraction of sp³-hybridized carbons (Fsp3) is 0.700. The number of hydrogen-bond acceptors (Lipinski definition) is 0. The van der Waals surface area contributed by atoms with Crippen LogP contribution in [-0.4, -0.2) is 0 Å². The van der Waals surface area contributed by atoms with Crippen molar-refractivity contribution in [3.8, 4) is 0 Å². The van der Waals surface area contributed by atoms with Gasteiger partial charge in [0, 0.05) is 0 Å². The molecule has 2 fully saturated rings. The summed E-state index contributed by atoms with van der Waals surface area (Å²) in [6.45, 7) is 7.36. The predicted octanol–water partition coefficient (Wildman–Crippen LogP) is 5.49. The maximum absolute atomic E-state index is 2.61. The molecule has 0 heteroatoms. The van der Waals surface area contributed by atoms with Gasteiger partial charge in [0.1, 0.15) is 0 Å². The number of benzene rings is 1. The molecule has 108 valence electrons. The van der Waals surface area contributed by atoms with Gasteiger partial charge < -0.3 is 0 Å². The second kappa shape index (κ2) is 4.36. The second-order valence-electron chi connectivity index (χ2n) is 8.14. The lowest BCUT2D eigenvalue weighted by molar-refractivity contribution is 0.0337. The van der Waals surface area contributed by atoms with Crippen molar-refractivity contribution in [2.75, 3.05) is 0 Å². The van der Waals surface area contributed by atoms with E-state index in [1.165, 1.54) is 44.1 Å². The van der Waals surface area contributed by atoms with Crippen LogP contribution in [-0.2, 0) is 6.42 Å². The zero-order valence-electron chi connectivity index (χ0n) is 13.3. The van der Waals surface area contributed by atoms with Crippen molar-refractivity contribution in [2.24, 2.45) is 23.2 Å². The molecule has 4 rings (SSSR count). The first-order chi connectivity index (χ1) is 9.59. The normalized spacial score (nSPS) is 42.8. The zero-order valence-corrected chi connectivity index (χ0v) is 13.3. The third-order valence-corrected chi connectivity index (χ3v) is 7.36. The van der Waals surface area contributed by atoms with E-state index in [1.54, 1.807) is 11.1 Å². The van der Waals surface area contributed by atoms with Crippen LogP contribution >= 0.6 is 0 Å². The molecule has 0 spiro atoms. The molecule has 0 radical (unpaired) electrons. The van der Waals surface area contributed by atoms with Gasteiger partial charge in [-0.15, -0.1) is 0 Å². The molecule has 3 aliphatic carbocycles. The molecule has 0 aromatic heterocycles. The average molecular weight is 268 g/mol. The number of fused-ring (bicyclic) bond motifs is 5. The Bertz CT molecular complexity index is 529. The quantitative estimate of drug-likeness (QED) is 0.584. The first-order valence-corrected chi connectivity index (χ1v) is 8.69. The standard InChI is InChI=1S/C20H28/c1-13-4-7-16-15(12-13)6-8-18-17(16)10-11-20(3)14(2)5-9-19(18)20/h4,7,12,14,17-19H,5-6,8-11H2,1-3H3/t14-,17?,18?,19?,20?/m0/s1. The summed E-state index contributed by atoms with van der Waals surface area (Å²) in [4.78, 5) is 0. The monoisotopic (exact) mass is 268 g/mol. The number of aryl methyl sites for hydroxylation is 2. The van der Waals surface area contributed by atoms with Gasteiger partial charge >= 0.3 is 0 Å². The summed E-state index contributed by atoms with van der Waals surface area (Å²) >= 11 is 0. The Labute approximate surface area is 124 Å². The van der Waals surface area contributed by atoms with Crippen LogP contribution in [0, 0.1) is 30.1 Å². The molecule has 20 heavy (non-hydrogen) atoms. The number of hydrogen-bond donors (Lipinski definition) is 0. The van der Waals surface area contributed by atoms with Gasteiger partial charge in [-0.05, 0) is 85.7 Å². The van der Waals surface area contributed by atoms with E-state index in [4.69, 9.17) is 0 Å². The van der Waals surface area contributed by atoms with Crippen molar-refractivity contribution in [3.63, 3.8) is 0 Å². The van der Waals surface area contributed by atoms with E-state index in [9.17, 15) is 0 Å². The van der Waals surface area contributed by atoms with Gasteiger partial charge in [-0.3, -0.25) is 0 Å². The van der Waals surface area contributed by atoms with Crippen molar-refractivity contribution < 1.29 is 0 Å².